The molecule has 0 aromatic heterocycles. The van der Waals surface area contributed by atoms with Crippen LogP contribution >= 0.6 is 12.2 Å². The molecule has 1 saturated heterocycles. The highest BCUT2D eigenvalue weighted by Gasteiger charge is 2.20. The van der Waals surface area contributed by atoms with Crippen molar-refractivity contribution < 1.29 is 0 Å². The molecule has 1 atom stereocenters. The van der Waals surface area contributed by atoms with Crippen LogP contribution in [0.4, 0.5) is 0 Å². The zero-order valence-corrected chi connectivity index (χ0v) is 11.1. The van der Waals surface area contributed by atoms with Gasteiger partial charge in [0.25, 0.3) is 0 Å². The van der Waals surface area contributed by atoms with Crippen LogP contribution in [0.25, 0.3) is 0 Å². The standard InChI is InChI=1S/C12H24N2S/c1-4-13-12(15)14-8-5-6-11(7-9-14)10(2)3/h10-11H,4-9H2,1-3H3,(H,13,15). The number of thiocarbonyl (C=S) groups is 1. The summed E-state index contributed by atoms with van der Waals surface area (Å²) in [7, 11) is 0. The lowest BCUT2D eigenvalue weighted by Crippen LogP contribution is -2.40. The first-order valence-corrected chi connectivity index (χ1v) is 6.58. The molecule has 0 aromatic rings. The van der Waals surface area contributed by atoms with Crippen LogP contribution in [0.15, 0.2) is 0 Å². The molecule has 1 fully saturated rings. The third-order valence-electron chi connectivity index (χ3n) is 3.33. The van der Waals surface area contributed by atoms with E-state index in [1.807, 2.05) is 0 Å². The van der Waals surface area contributed by atoms with Gasteiger partial charge >= 0.3 is 0 Å². The third kappa shape index (κ3) is 3.98. The quantitative estimate of drug-likeness (QED) is 0.732. The molecule has 1 rings (SSSR count). The SMILES string of the molecule is CCNC(=S)N1CCCC(C(C)C)CC1. The second-order valence-electron chi connectivity index (χ2n) is 4.76. The summed E-state index contributed by atoms with van der Waals surface area (Å²) in [5, 5.41) is 4.19. The van der Waals surface area contributed by atoms with E-state index >= 15 is 0 Å². The summed E-state index contributed by atoms with van der Waals surface area (Å²) in [5.41, 5.74) is 0. The fraction of sp³-hybridized carbons (Fsp3) is 0.917. The fourth-order valence-electron chi connectivity index (χ4n) is 2.25. The predicted octanol–water partition coefficient (Wildman–Crippen LogP) is 2.64. The molecule has 15 heavy (non-hydrogen) atoms. The molecule has 1 unspecified atom stereocenters. The lowest BCUT2D eigenvalue weighted by molar-refractivity contribution is 0.339. The van der Waals surface area contributed by atoms with E-state index in [4.69, 9.17) is 12.2 Å². The van der Waals surface area contributed by atoms with Crippen molar-refractivity contribution in [3.05, 3.63) is 0 Å². The third-order valence-corrected chi connectivity index (χ3v) is 3.73. The maximum atomic E-state index is 5.35. The van der Waals surface area contributed by atoms with Gasteiger partial charge in [-0.15, -0.1) is 0 Å². The summed E-state index contributed by atoms with van der Waals surface area (Å²) in [6.45, 7) is 9.97. The lowest BCUT2D eigenvalue weighted by Gasteiger charge is -2.24. The fourth-order valence-corrected chi connectivity index (χ4v) is 2.58. The van der Waals surface area contributed by atoms with Crippen LogP contribution in [-0.4, -0.2) is 29.6 Å². The highest BCUT2D eigenvalue weighted by molar-refractivity contribution is 7.80. The molecule has 2 nitrogen and oxygen atoms in total. The van der Waals surface area contributed by atoms with E-state index in [2.05, 4.69) is 31.0 Å². The summed E-state index contributed by atoms with van der Waals surface area (Å²) in [5.74, 6) is 1.71. The van der Waals surface area contributed by atoms with E-state index in [0.29, 0.717) is 0 Å². The molecule has 1 N–H and O–H groups in total. The van der Waals surface area contributed by atoms with Gasteiger partial charge in [-0.05, 0) is 50.2 Å². The van der Waals surface area contributed by atoms with Gasteiger partial charge in [-0.1, -0.05) is 13.8 Å². The minimum atomic E-state index is 0.817. The van der Waals surface area contributed by atoms with Crippen molar-refractivity contribution in [1.29, 1.82) is 0 Å². The number of hydrogen-bond donors (Lipinski definition) is 1. The molecular formula is C12H24N2S. The summed E-state index contributed by atoms with van der Waals surface area (Å²) in [4.78, 5) is 2.33. The highest BCUT2D eigenvalue weighted by Crippen LogP contribution is 2.24. The number of nitrogens with one attached hydrogen (secondary N) is 1. The summed E-state index contributed by atoms with van der Waals surface area (Å²) in [6.07, 6.45) is 3.94. The van der Waals surface area contributed by atoms with Crippen LogP contribution in [0.5, 0.6) is 0 Å². The van der Waals surface area contributed by atoms with E-state index in [1.165, 1.54) is 19.3 Å². The lowest BCUT2D eigenvalue weighted by atomic mass is 9.89. The van der Waals surface area contributed by atoms with E-state index in [0.717, 1.165) is 36.6 Å². The van der Waals surface area contributed by atoms with Crippen LogP contribution in [0.2, 0.25) is 0 Å². The Balaban J connectivity index is 2.42. The Morgan fingerprint density at radius 1 is 1.40 bits per heavy atom. The molecule has 88 valence electrons. The Kier molecular flexibility index (Phi) is 5.37. The van der Waals surface area contributed by atoms with Crippen molar-refractivity contribution in [3.63, 3.8) is 0 Å². The molecule has 0 radical (unpaired) electrons. The van der Waals surface area contributed by atoms with Crippen molar-refractivity contribution >= 4 is 17.3 Å². The minimum Gasteiger partial charge on any atom is -0.363 e. The molecule has 1 aliphatic heterocycles. The first kappa shape index (κ1) is 12.8. The van der Waals surface area contributed by atoms with E-state index in [1.54, 1.807) is 0 Å². The van der Waals surface area contributed by atoms with Gasteiger partial charge in [0.2, 0.25) is 0 Å². The number of nitrogens with zero attached hydrogens (tertiary/aromatic N) is 1. The van der Waals surface area contributed by atoms with Gasteiger partial charge in [-0.3, -0.25) is 0 Å². The average molecular weight is 228 g/mol. The van der Waals surface area contributed by atoms with Crippen LogP contribution < -0.4 is 5.32 Å². The van der Waals surface area contributed by atoms with Gasteiger partial charge in [-0.25, -0.2) is 0 Å². The van der Waals surface area contributed by atoms with E-state index in [9.17, 15) is 0 Å². The van der Waals surface area contributed by atoms with Crippen molar-refractivity contribution in [2.75, 3.05) is 19.6 Å². The minimum absolute atomic E-state index is 0.817. The van der Waals surface area contributed by atoms with Crippen molar-refractivity contribution in [3.8, 4) is 0 Å². The molecule has 0 spiro atoms. The zero-order valence-electron chi connectivity index (χ0n) is 10.3. The first-order valence-electron chi connectivity index (χ1n) is 6.18. The Labute approximate surface area is 99.4 Å². The topological polar surface area (TPSA) is 15.3 Å². The van der Waals surface area contributed by atoms with Gasteiger partial charge < -0.3 is 10.2 Å². The maximum Gasteiger partial charge on any atom is 0.168 e. The second kappa shape index (κ2) is 6.31. The number of hydrogen-bond acceptors (Lipinski definition) is 1. The molecule has 1 aliphatic rings. The Hall–Kier alpha value is -0.310. The molecule has 0 aliphatic carbocycles. The maximum absolute atomic E-state index is 5.35. The number of likely N-dealkylation sites (tertiary alicyclic amines) is 1. The van der Waals surface area contributed by atoms with Gasteiger partial charge in [0, 0.05) is 19.6 Å². The normalized spacial score (nSPS) is 22.7. The van der Waals surface area contributed by atoms with Gasteiger partial charge in [0.15, 0.2) is 5.11 Å². The molecule has 0 saturated carbocycles. The van der Waals surface area contributed by atoms with E-state index < -0.39 is 0 Å². The monoisotopic (exact) mass is 228 g/mol. The largest absolute Gasteiger partial charge is 0.363 e. The molecular weight excluding hydrogens is 204 g/mol. The van der Waals surface area contributed by atoms with Gasteiger partial charge in [0.05, 0.1) is 0 Å². The average Bonchev–Trinajstić information content (AvgIpc) is 2.43. The molecule has 3 heteroatoms. The Morgan fingerprint density at radius 3 is 2.73 bits per heavy atom. The van der Waals surface area contributed by atoms with Crippen LogP contribution in [-0.2, 0) is 0 Å². The Morgan fingerprint density at radius 2 is 2.13 bits per heavy atom. The van der Waals surface area contributed by atoms with Crippen LogP contribution in [0.1, 0.15) is 40.0 Å². The molecule has 0 amide bonds. The molecule has 0 aromatic carbocycles. The summed E-state index contributed by atoms with van der Waals surface area (Å²) < 4.78 is 0. The van der Waals surface area contributed by atoms with Gasteiger partial charge in [-0.2, -0.15) is 0 Å². The smallest absolute Gasteiger partial charge is 0.168 e. The summed E-state index contributed by atoms with van der Waals surface area (Å²) in [6, 6.07) is 0. The van der Waals surface area contributed by atoms with Crippen molar-refractivity contribution in [2.45, 2.75) is 40.0 Å². The zero-order chi connectivity index (χ0) is 11.3. The van der Waals surface area contributed by atoms with E-state index in [-0.39, 0.29) is 0 Å². The van der Waals surface area contributed by atoms with Crippen molar-refractivity contribution in [2.24, 2.45) is 11.8 Å². The molecule has 1 heterocycles. The predicted molar refractivity (Wildman–Crippen MR) is 70.0 cm³/mol. The van der Waals surface area contributed by atoms with Gasteiger partial charge in [0.1, 0.15) is 0 Å². The first-order chi connectivity index (χ1) is 7.15. The molecule has 0 bridgehead atoms. The second-order valence-corrected chi connectivity index (χ2v) is 5.14. The van der Waals surface area contributed by atoms with Crippen LogP contribution in [0, 0.1) is 11.8 Å². The number of rotatable bonds is 2. The Bertz CT molecular complexity index is 204. The summed E-state index contributed by atoms with van der Waals surface area (Å²) >= 11 is 5.35. The highest BCUT2D eigenvalue weighted by atomic mass is 32.1. The van der Waals surface area contributed by atoms with Crippen LogP contribution in [0.3, 0.4) is 0 Å². The van der Waals surface area contributed by atoms with Crippen molar-refractivity contribution in [1.82, 2.24) is 10.2 Å².